The Bertz CT molecular complexity index is 6290. The lowest BCUT2D eigenvalue weighted by Crippen LogP contribution is -2.48. The van der Waals surface area contributed by atoms with Gasteiger partial charge >= 0.3 is 11.9 Å². The third-order valence-electron chi connectivity index (χ3n) is 25.1. The van der Waals surface area contributed by atoms with Gasteiger partial charge in [-0.15, -0.1) is 0 Å². The molecule has 4 aromatic heterocycles. The second-order valence-electron chi connectivity index (χ2n) is 39.8. The molecule has 0 bridgehead atoms. The van der Waals surface area contributed by atoms with Gasteiger partial charge in [-0.3, -0.25) is 67.9 Å². The van der Waals surface area contributed by atoms with Gasteiger partial charge < -0.3 is 49.9 Å². The lowest BCUT2D eigenvalue weighted by atomic mass is 9.75. The Balaban J connectivity index is 0.000000218. The number of nitrogens with zero attached hydrogens (tertiary/aromatic N) is 4. The molecule has 0 aliphatic rings. The fraction of sp³-hybridized carbons (Fsp3) is 0.388. The van der Waals surface area contributed by atoms with Crippen molar-refractivity contribution in [1.82, 2.24) is 19.9 Å². The molecule has 0 saturated heterocycles. The lowest BCUT2D eigenvalue weighted by Gasteiger charge is -2.32. The topological polar surface area (TPSA) is 357 Å². The fourth-order valence-corrected chi connectivity index (χ4v) is 16.7. The van der Waals surface area contributed by atoms with Gasteiger partial charge in [-0.05, 0) is 240 Å². The number of anilines is 4. The van der Waals surface area contributed by atoms with E-state index in [1.54, 1.807) is 156 Å². The highest BCUT2D eigenvalue weighted by Crippen LogP contribution is 2.36. The van der Waals surface area contributed by atoms with Gasteiger partial charge in [0, 0.05) is 152 Å². The van der Waals surface area contributed by atoms with E-state index in [2.05, 4.69) is 41.2 Å². The van der Waals surface area contributed by atoms with Gasteiger partial charge in [-0.1, -0.05) is 216 Å². The largest absolute Gasteiger partial charge is 0.459 e. The quantitative estimate of drug-likeness (QED) is 0.0119. The number of amides is 4. The summed E-state index contributed by atoms with van der Waals surface area (Å²) in [6.45, 7) is 21.9. The SMILES string of the molecule is CC(=O)CCCCCCC(=O)Nc1ccc(C(C)(C(=O)Cc2cccc3cccnc23)C(=O)Nc2cccc3cccnc23)cc1.CC(=O)CCCCCCC(=O)Nc1ccc(C(C)(C(=O)OC(C)(C)C)C(=O)OC(C)(C)C)cc1.CC(=O)CCCCCCC(=O)Nc1ccc(C(C)C(=O)Cc2cccc3cccnc23)cc1.CC(=O)CCCCCCCC(=O)c1ccc(CC(=O)Cc2cccc3cccnc23)cc1. The van der Waals surface area contributed by atoms with Gasteiger partial charge in [0.25, 0.3) is 0 Å². The number of Topliss-reactive ketones (excluding diaryl/α,β-unsaturated/α-hetero) is 8. The number of hydrogen-bond donors (Lipinski definition) is 4. The maximum absolute atomic E-state index is 14.3. The Morgan fingerprint density at radius 3 is 1.00 bits per heavy atom. The van der Waals surface area contributed by atoms with Gasteiger partial charge in [0.1, 0.15) is 51.3 Å². The molecule has 24 heteroatoms. The third kappa shape index (κ3) is 37.7. The molecule has 0 aliphatic carbocycles. The van der Waals surface area contributed by atoms with E-state index < -0.39 is 39.9 Å². The molecule has 762 valence electrons. The minimum atomic E-state index is -1.66. The minimum Gasteiger partial charge on any atom is -0.459 e. The Hall–Kier alpha value is -14.4. The van der Waals surface area contributed by atoms with E-state index in [1.807, 2.05) is 171 Å². The minimum absolute atomic E-state index is 0.00301. The van der Waals surface area contributed by atoms with Crippen molar-refractivity contribution in [2.24, 2.45) is 0 Å². The smallest absolute Gasteiger partial charge is 0.328 e. The number of ketones is 8. The van der Waals surface area contributed by atoms with Crippen LogP contribution < -0.4 is 21.3 Å². The van der Waals surface area contributed by atoms with Crippen LogP contribution in [0.3, 0.4) is 0 Å². The number of carbonyl (C=O) groups excluding carboxylic acids is 14. The maximum atomic E-state index is 14.3. The summed E-state index contributed by atoms with van der Waals surface area (Å²) in [5, 5.41) is 15.5. The van der Waals surface area contributed by atoms with E-state index in [0.29, 0.717) is 110 Å². The molecule has 12 rings (SSSR count). The van der Waals surface area contributed by atoms with Crippen molar-refractivity contribution in [3.8, 4) is 0 Å². The lowest BCUT2D eigenvalue weighted by molar-refractivity contribution is -0.177. The van der Waals surface area contributed by atoms with E-state index in [9.17, 15) is 67.1 Å². The monoisotopic (exact) mass is 1960 g/mol. The zero-order chi connectivity index (χ0) is 105. The van der Waals surface area contributed by atoms with Gasteiger partial charge in [-0.25, -0.2) is 0 Å². The second kappa shape index (κ2) is 57.2. The molecular formula is C121H142N8O16. The van der Waals surface area contributed by atoms with Gasteiger partial charge in [0.15, 0.2) is 17.0 Å². The molecule has 4 heterocycles. The van der Waals surface area contributed by atoms with Crippen LogP contribution in [0.25, 0.3) is 43.6 Å². The first-order chi connectivity index (χ1) is 69.3. The fourth-order valence-electron chi connectivity index (χ4n) is 16.7. The highest BCUT2D eigenvalue weighted by Gasteiger charge is 2.49. The van der Waals surface area contributed by atoms with Crippen LogP contribution in [0.15, 0.2) is 243 Å². The highest BCUT2D eigenvalue weighted by molar-refractivity contribution is 6.18. The molecule has 2 atom stereocenters. The molecule has 2 unspecified atom stereocenters. The van der Waals surface area contributed by atoms with Crippen LogP contribution in [-0.2, 0) is 108 Å². The number of benzene rings is 8. The number of ether oxygens (including phenoxy) is 2. The molecule has 0 aliphatic heterocycles. The van der Waals surface area contributed by atoms with E-state index in [4.69, 9.17) is 9.47 Å². The zero-order valence-electron chi connectivity index (χ0n) is 86.5. The summed E-state index contributed by atoms with van der Waals surface area (Å²) in [7, 11) is 0. The normalized spacial score (nSPS) is 11.9. The van der Waals surface area contributed by atoms with Crippen molar-refractivity contribution < 1.29 is 76.6 Å². The maximum Gasteiger partial charge on any atom is 0.328 e. The van der Waals surface area contributed by atoms with Gasteiger partial charge in [0.2, 0.25) is 23.6 Å². The van der Waals surface area contributed by atoms with Crippen molar-refractivity contribution in [2.75, 3.05) is 21.3 Å². The molecule has 12 aromatic rings. The van der Waals surface area contributed by atoms with E-state index in [1.165, 1.54) is 6.92 Å². The molecule has 145 heavy (non-hydrogen) atoms. The van der Waals surface area contributed by atoms with Crippen LogP contribution in [0.4, 0.5) is 22.7 Å². The first-order valence-electron chi connectivity index (χ1n) is 50.7. The Morgan fingerprint density at radius 2 is 0.621 bits per heavy atom. The molecule has 0 spiro atoms. The Kier molecular flexibility index (Phi) is 45.0. The number of pyridine rings is 4. The first-order valence-corrected chi connectivity index (χ1v) is 50.7. The van der Waals surface area contributed by atoms with Gasteiger partial charge in [0.05, 0.1) is 27.8 Å². The molecule has 24 nitrogen and oxygen atoms in total. The number of para-hydroxylation sites is 4. The highest BCUT2D eigenvalue weighted by atomic mass is 16.6. The summed E-state index contributed by atoms with van der Waals surface area (Å²) in [6, 6.07) is 66.8. The van der Waals surface area contributed by atoms with Crippen LogP contribution >= 0.6 is 0 Å². The van der Waals surface area contributed by atoms with Crippen LogP contribution in [0.2, 0.25) is 0 Å². The number of rotatable bonds is 50. The van der Waals surface area contributed by atoms with Crippen molar-refractivity contribution >= 4 is 148 Å². The molecule has 0 saturated carbocycles. The molecule has 4 N–H and O–H groups in total. The Morgan fingerprint density at radius 1 is 0.303 bits per heavy atom. The van der Waals surface area contributed by atoms with Crippen LogP contribution in [0.5, 0.6) is 0 Å². The van der Waals surface area contributed by atoms with E-state index in [-0.39, 0.29) is 76.3 Å². The zero-order valence-corrected chi connectivity index (χ0v) is 86.5. The summed E-state index contributed by atoms with van der Waals surface area (Å²) in [5.74, 6) is -1.39. The molecule has 4 amide bonds. The Labute approximate surface area is 852 Å². The van der Waals surface area contributed by atoms with Crippen LogP contribution in [0.1, 0.15) is 306 Å². The van der Waals surface area contributed by atoms with Crippen molar-refractivity contribution in [2.45, 2.75) is 304 Å². The molecule has 0 fully saturated rings. The molecule has 0 radical (unpaired) electrons. The van der Waals surface area contributed by atoms with E-state index in [0.717, 1.165) is 181 Å². The number of fused-ring (bicyclic) bond motifs is 4. The number of esters is 2. The summed E-state index contributed by atoms with van der Waals surface area (Å²) >= 11 is 0. The number of hydrogen-bond acceptors (Lipinski definition) is 20. The molecule has 8 aromatic carbocycles. The third-order valence-corrected chi connectivity index (χ3v) is 25.1. The van der Waals surface area contributed by atoms with Crippen molar-refractivity contribution in [3.63, 3.8) is 0 Å². The number of nitrogens with one attached hydrogen (secondary N) is 4. The van der Waals surface area contributed by atoms with Crippen LogP contribution in [-0.4, -0.2) is 113 Å². The summed E-state index contributed by atoms with van der Waals surface area (Å²) in [6.07, 6.45) is 27.5. The van der Waals surface area contributed by atoms with Crippen molar-refractivity contribution in [3.05, 3.63) is 288 Å². The number of unbranched alkanes of at least 4 members (excludes halogenated alkanes) is 13. The predicted molar refractivity (Wildman–Crippen MR) is 574 cm³/mol. The summed E-state index contributed by atoms with van der Waals surface area (Å²) in [5.41, 5.74) is 6.79. The van der Waals surface area contributed by atoms with E-state index >= 15 is 0 Å². The average molecular weight is 1960 g/mol. The standard InChI is InChI=1S/C38H38N4O4.C28H32N2O3.C28H31NO3.C27H41NO6/c1-26(43)11-5-3-4-6-18-34(45)41-31-21-19-30(20-22-31)38(2,33(44)25-29-14-7-12-27-15-9-23-39-35(27)29)37(46)42-32-17-8-13-28-16-10-24-40-36(28)32;1-20(31)9-5-3-4-6-13-27(33)30-25-16-14-22(15-17-25)21(2)26(32)19-24-11-7-10-23-12-8-18-29-28(23)24;1-21(30)9-5-3-2-4-6-13-27(32)23-16-14-22(15-17-23)19-26(31)20-25-11-7-10-24-12-8-18-29-28(24)25;1-19(29)13-11-9-10-12-14-22(30)28-21-17-15-20(16-18-21)27(8,23(31)33-25(2,3)4)24(32)34-26(5,6)7/h7-10,12-17,19-24H,3-6,11,18,25H2,1-2H3,(H,41,45)(H,42,46);7-8,10-12,14-18,21H,3-6,9,13,19H2,1-2H3,(H,30,33);7-8,10-12,14-18H,2-6,9,13,19-20H2,1H3;15-18H,9-14H2,1-8H3,(H,28,30). The van der Waals surface area contributed by atoms with Crippen LogP contribution in [0, 0.1) is 0 Å². The summed E-state index contributed by atoms with van der Waals surface area (Å²) < 4.78 is 11.1. The number of aromatic nitrogens is 4. The average Bonchev–Trinajstić information content (AvgIpc) is 0.791. The first kappa shape index (κ1) is 114. The van der Waals surface area contributed by atoms with Gasteiger partial charge in [-0.2, -0.15) is 0 Å². The summed E-state index contributed by atoms with van der Waals surface area (Å²) in [4.78, 5) is 191. The van der Waals surface area contributed by atoms with Crippen molar-refractivity contribution in [1.29, 1.82) is 0 Å². The predicted octanol–water partition coefficient (Wildman–Crippen LogP) is 25.0. The number of carbonyl (C=O) groups is 14. The molecular weight excluding hydrogens is 1820 g/mol. The second-order valence-corrected chi connectivity index (χ2v) is 39.8.